The Balaban J connectivity index is 2.00. The van der Waals surface area contributed by atoms with Crippen LogP contribution in [-0.4, -0.2) is 16.9 Å². The molecule has 0 aliphatic carbocycles. The monoisotopic (exact) mass is 274 g/mol. The van der Waals surface area contributed by atoms with Crippen LogP contribution < -0.4 is 11.1 Å². The van der Waals surface area contributed by atoms with Gasteiger partial charge in [-0.2, -0.15) is 9.98 Å². The first-order chi connectivity index (χ1) is 9.54. The highest BCUT2D eigenvalue weighted by atomic mass is 16.4. The molecule has 6 nitrogen and oxygen atoms in total. The number of hydrogen-bond donors (Lipinski definition) is 2. The van der Waals surface area contributed by atoms with Crippen molar-refractivity contribution in [2.24, 2.45) is 16.6 Å². The summed E-state index contributed by atoms with van der Waals surface area (Å²) in [5.41, 5.74) is 6.98. The fraction of sp³-hybridized carbons (Fsp3) is 0.357. The van der Waals surface area contributed by atoms with Gasteiger partial charge in [0.15, 0.2) is 5.58 Å². The van der Waals surface area contributed by atoms with Crippen LogP contribution in [0.1, 0.15) is 26.7 Å². The summed E-state index contributed by atoms with van der Waals surface area (Å²) in [6, 6.07) is 7.44. The molecule has 0 fully saturated rings. The van der Waals surface area contributed by atoms with Gasteiger partial charge in [0, 0.05) is 6.42 Å². The molecule has 0 bridgehead atoms. The number of guanidine groups is 1. The van der Waals surface area contributed by atoms with Crippen molar-refractivity contribution in [1.82, 2.24) is 10.3 Å². The third-order valence-corrected chi connectivity index (χ3v) is 2.71. The number of aliphatic imine (C=N–C) groups is 1. The number of amides is 1. The van der Waals surface area contributed by atoms with Crippen LogP contribution in [0.15, 0.2) is 33.7 Å². The van der Waals surface area contributed by atoms with E-state index in [-0.39, 0.29) is 17.9 Å². The summed E-state index contributed by atoms with van der Waals surface area (Å²) in [5.74, 6) is 0.303. The van der Waals surface area contributed by atoms with Crippen LogP contribution in [-0.2, 0) is 4.79 Å². The van der Waals surface area contributed by atoms with Gasteiger partial charge in [0.05, 0.1) is 0 Å². The van der Waals surface area contributed by atoms with E-state index >= 15 is 0 Å². The van der Waals surface area contributed by atoms with E-state index in [2.05, 4.69) is 29.1 Å². The predicted molar refractivity (Wildman–Crippen MR) is 77.5 cm³/mol. The van der Waals surface area contributed by atoms with Crippen LogP contribution >= 0.6 is 0 Å². The number of nitrogens with zero attached hydrogens (tertiary/aromatic N) is 2. The highest BCUT2D eigenvalue weighted by Gasteiger charge is 2.07. The van der Waals surface area contributed by atoms with Crippen molar-refractivity contribution in [2.75, 3.05) is 0 Å². The summed E-state index contributed by atoms with van der Waals surface area (Å²) < 4.78 is 5.39. The molecule has 1 amide bonds. The Bertz CT molecular complexity index is 598. The molecule has 2 aromatic rings. The smallest absolute Gasteiger partial charge is 0.325 e. The Labute approximate surface area is 117 Å². The van der Waals surface area contributed by atoms with Crippen LogP contribution in [0.3, 0.4) is 0 Å². The van der Waals surface area contributed by atoms with E-state index in [9.17, 15) is 4.79 Å². The van der Waals surface area contributed by atoms with E-state index in [1.54, 1.807) is 6.07 Å². The Hall–Kier alpha value is -2.37. The van der Waals surface area contributed by atoms with Crippen molar-refractivity contribution in [3.8, 4) is 0 Å². The third kappa shape index (κ3) is 3.81. The molecule has 106 valence electrons. The molecule has 1 aromatic carbocycles. The second kappa shape index (κ2) is 6.18. The van der Waals surface area contributed by atoms with Gasteiger partial charge in [-0.05, 0) is 24.5 Å². The standard InChI is InChI=1S/C14H18N4O2/c1-9(2)7-8-12(19)17-13(15)18-14-16-10-5-3-4-6-11(10)20-14/h3-6,9H,7-8H2,1-2H3,(H3,15,16,17,18,19). The Morgan fingerprint density at radius 2 is 2.20 bits per heavy atom. The van der Waals surface area contributed by atoms with Crippen molar-refractivity contribution in [1.29, 1.82) is 0 Å². The summed E-state index contributed by atoms with van der Waals surface area (Å²) in [5, 5.41) is 2.52. The van der Waals surface area contributed by atoms with Gasteiger partial charge in [0.25, 0.3) is 0 Å². The fourth-order valence-electron chi connectivity index (χ4n) is 1.66. The summed E-state index contributed by atoms with van der Waals surface area (Å²) in [6.07, 6.45) is 1.23. The average molecular weight is 274 g/mol. The topological polar surface area (TPSA) is 93.5 Å². The highest BCUT2D eigenvalue weighted by Crippen LogP contribution is 2.19. The first kappa shape index (κ1) is 14.0. The number of nitrogens with two attached hydrogens (primary N) is 1. The second-order valence-electron chi connectivity index (χ2n) is 4.94. The lowest BCUT2D eigenvalue weighted by molar-refractivity contribution is -0.119. The van der Waals surface area contributed by atoms with Crippen molar-refractivity contribution in [3.63, 3.8) is 0 Å². The molecule has 0 saturated heterocycles. The molecule has 1 heterocycles. The van der Waals surface area contributed by atoms with Crippen LogP contribution in [0.2, 0.25) is 0 Å². The maximum absolute atomic E-state index is 11.6. The number of nitrogens with one attached hydrogen (secondary N) is 1. The number of carbonyl (C=O) groups excluding carboxylic acids is 1. The molecule has 0 aliphatic rings. The molecule has 0 radical (unpaired) electrons. The summed E-state index contributed by atoms with van der Waals surface area (Å²) in [7, 11) is 0. The molecular formula is C14H18N4O2. The molecule has 3 N–H and O–H groups in total. The number of para-hydroxylation sites is 2. The van der Waals surface area contributed by atoms with Crippen LogP contribution in [0.5, 0.6) is 0 Å². The van der Waals surface area contributed by atoms with Crippen molar-refractivity contribution in [3.05, 3.63) is 24.3 Å². The predicted octanol–water partition coefficient (Wildman–Crippen LogP) is 2.33. The van der Waals surface area contributed by atoms with E-state index in [1.165, 1.54) is 0 Å². The maximum atomic E-state index is 11.6. The van der Waals surface area contributed by atoms with Crippen LogP contribution in [0.4, 0.5) is 6.01 Å². The molecule has 6 heteroatoms. The zero-order valence-corrected chi connectivity index (χ0v) is 11.6. The number of oxazole rings is 1. The number of benzene rings is 1. The zero-order chi connectivity index (χ0) is 14.5. The highest BCUT2D eigenvalue weighted by molar-refractivity contribution is 5.96. The van der Waals surface area contributed by atoms with E-state index < -0.39 is 0 Å². The minimum Gasteiger partial charge on any atom is -0.422 e. The lowest BCUT2D eigenvalue weighted by Crippen LogP contribution is -2.36. The number of aromatic nitrogens is 1. The first-order valence-electron chi connectivity index (χ1n) is 6.54. The van der Waals surface area contributed by atoms with Gasteiger partial charge < -0.3 is 10.2 Å². The maximum Gasteiger partial charge on any atom is 0.325 e. The Morgan fingerprint density at radius 1 is 1.45 bits per heavy atom. The van der Waals surface area contributed by atoms with Gasteiger partial charge in [-0.25, -0.2) is 0 Å². The molecular weight excluding hydrogens is 256 g/mol. The number of rotatable bonds is 4. The minimum atomic E-state index is -0.156. The van der Waals surface area contributed by atoms with Crippen molar-refractivity contribution >= 4 is 29.0 Å². The van der Waals surface area contributed by atoms with E-state index in [4.69, 9.17) is 10.2 Å². The van der Waals surface area contributed by atoms with E-state index in [0.717, 1.165) is 6.42 Å². The largest absolute Gasteiger partial charge is 0.422 e. The normalized spacial score (nSPS) is 12.1. The molecule has 0 atom stereocenters. The molecule has 20 heavy (non-hydrogen) atoms. The Morgan fingerprint density at radius 3 is 2.90 bits per heavy atom. The first-order valence-corrected chi connectivity index (χ1v) is 6.54. The molecule has 0 unspecified atom stereocenters. The number of fused-ring (bicyclic) bond motifs is 1. The third-order valence-electron chi connectivity index (χ3n) is 2.71. The minimum absolute atomic E-state index is 0.00897. The van der Waals surface area contributed by atoms with Gasteiger partial charge in [0.1, 0.15) is 5.52 Å². The van der Waals surface area contributed by atoms with Gasteiger partial charge in [0.2, 0.25) is 11.9 Å². The quantitative estimate of drug-likeness (QED) is 0.661. The van der Waals surface area contributed by atoms with Gasteiger partial charge in [-0.3, -0.25) is 10.1 Å². The molecule has 0 spiro atoms. The Kier molecular flexibility index (Phi) is 4.34. The summed E-state index contributed by atoms with van der Waals surface area (Å²) in [6.45, 7) is 4.12. The van der Waals surface area contributed by atoms with Crippen LogP contribution in [0, 0.1) is 5.92 Å². The molecule has 0 saturated carbocycles. The number of hydrogen-bond acceptors (Lipinski definition) is 4. The average Bonchev–Trinajstić information content (AvgIpc) is 2.78. The fourth-order valence-corrected chi connectivity index (χ4v) is 1.66. The van der Waals surface area contributed by atoms with Crippen molar-refractivity contribution < 1.29 is 9.21 Å². The lowest BCUT2D eigenvalue weighted by Gasteiger charge is -2.05. The number of carbonyl (C=O) groups is 1. The lowest BCUT2D eigenvalue weighted by atomic mass is 10.1. The molecule has 1 aromatic heterocycles. The second-order valence-corrected chi connectivity index (χ2v) is 4.94. The van der Waals surface area contributed by atoms with Gasteiger partial charge >= 0.3 is 6.01 Å². The molecule has 0 aliphatic heterocycles. The summed E-state index contributed by atoms with van der Waals surface area (Å²) >= 11 is 0. The SMILES string of the molecule is CC(C)CCC(=O)NC(N)=Nc1nc2ccccc2o1. The van der Waals surface area contributed by atoms with E-state index in [0.29, 0.717) is 23.4 Å². The van der Waals surface area contributed by atoms with E-state index in [1.807, 2.05) is 18.2 Å². The molecule has 2 rings (SSSR count). The van der Waals surface area contributed by atoms with Gasteiger partial charge in [-0.15, -0.1) is 0 Å². The zero-order valence-electron chi connectivity index (χ0n) is 11.6. The van der Waals surface area contributed by atoms with Gasteiger partial charge in [-0.1, -0.05) is 26.0 Å². The van der Waals surface area contributed by atoms with Crippen LogP contribution in [0.25, 0.3) is 11.1 Å². The summed E-state index contributed by atoms with van der Waals surface area (Å²) in [4.78, 5) is 19.7. The van der Waals surface area contributed by atoms with Crippen molar-refractivity contribution in [2.45, 2.75) is 26.7 Å².